The Morgan fingerprint density at radius 2 is 2.10 bits per heavy atom. The van der Waals surface area contributed by atoms with E-state index < -0.39 is 0 Å². The van der Waals surface area contributed by atoms with Gasteiger partial charge in [-0.1, -0.05) is 31.2 Å². The number of aliphatic hydroxyl groups is 1. The van der Waals surface area contributed by atoms with E-state index in [1.165, 1.54) is 5.39 Å². The maximum absolute atomic E-state index is 9.46. The van der Waals surface area contributed by atoms with Gasteiger partial charge in [0.2, 0.25) is 0 Å². The van der Waals surface area contributed by atoms with Gasteiger partial charge in [0.15, 0.2) is 0 Å². The molecule has 0 bridgehead atoms. The smallest absolute Gasteiger partial charge is 0.136 e. The molecule has 1 saturated heterocycles. The molecule has 0 spiro atoms. The van der Waals surface area contributed by atoms with Crippen LogP contribution in [0.5, 0.6) is 0 Å². The van der Waals surface area contributed by atoms with Crippen molar-refractivity contribution in [2.24, 2.45) is 0 Å². The van der Waals surface area contributed by atoms with Crippen LogP contribution >= 0.6 is 0 Å². The number of aliphatic hydroxyl groups excluding tert-OH is 1. The van der Waals surface area contributed by atoms with Gasteiger partial charge < -0.3 is 10.0 Å². The van der Waals surface area contributed by atoms with Crippen molar-refractivity contribution in [1.29, 1.82) is 0 Å². The van der Waals surface area contributed by atoms with Crippen molar-refractivity contribution >= 4 is 16.6 Å². The topological polar surface area (TPSA) is 39.6 Å². The summed E-state index contributed by atoms with van der Waals surface area (Å²) in [6, 6.07) is 10.8. The predicted molar refractivity (Wildman–Crippen MR) is 86.6 cm³/mol. The maximum Gasteiger partial charge on any atom is 0.136 e. The van der Waals surface area contributed by atoms with Crippen molar-refractivity contribution in [2.45, 2.75) is 26.5 Å². The first-order chi connectivity index (χ1) is 10.2. The SMILES string of the molecule is CCN1CCN(c2nc(CO)cc3ccccc23)CC1C. The largest absolute Gasteiger partial charge is 0.390 e. The maximum atomic E-state index is 9.46. The molecule has 0 saturated carbocycles. The molecule has 1 aliphatic rings. The molecule has 0 amide bonds. The van der Waals surface area contributed by atoms with E-state index in [-0.39, 0.29) is 6.61 Å². The minimum atomic E-state index is -0.0116. The molecule has 1 aromatic heterocycles. The standard InChI is InChI=1S/C17H23N3O/c1-3-19-8-9-20(11-13(19)2)17-16-7-5-4-6-14(16)10-15(12-21)18-17/h4-7,10,13,21H,3,8-9,11-12H2,1-2H3. The third-order valence-electron chi connectivity index (χ3n) is 4.41. The van der Waals surface area contributed by atoms with Gasteiger partial charge >= 0.3 is 0 Å². The van der Waals surface area contributed by atoms with Gasteiger partial charge in [0.25, 0.3) is 0 Å². The second kappa shape index (κ2) is 6.00. The van der Waals surface area contributed by atoms with Gasteiger partial charge in [-0.15, -0.1) is 0 Å². The summed E-state index contributed by atoms with van der Waals surface area (Å²) >= 11 is 0. The minimum Gasteiger partial charge on any atom is -0.390 e. The van der Waals surface area contributed by atoms with Crippen LogP contribution < -0.4 is 4.90 Å². The first-order valence-electron chi connectivity index (χ1n) is 7.71. The quantitative estimate of drug-likeness (QED) is 0.939. The lowest BCUT2D eigenvalue weighted by molar-refractivity contribution is 0.199. The van der Waals surface area contributed by atoms with Gasteiger partial charge in [0.1, 0.15) is 5.82 Å². The van der Waals surface area contributed by atoms with Gasteiger partial charge in [-0.2, -0.15) is 0 Å². The number of aromatic nitrogens is 1. The molecule has 112 valence electrons. The lowest BCUT2D eigenvalue weighted by Crippen LogP contribution is -2.52. The lowest BCUT2D eigenvalue weighted by atomic mass is 10.1. The van der Waals surface area contributed by atoms with E-state index in [1.807, 2.05) is 12.1 Å². The third kappa shape index (κ3) is 2.74. The van der Waals surface area contributed by atoms with Crippen molar-refractivity contribution in [3.8, 4) is 0 Å². The van der Waals surface area contributed by atoms with E-state index in [9.17, 15) is 5.11 Å². The highest BCUT2D eigenvalue weighted by atomic mass is 16.3. The Bertz CT molecular complexity index is 628. The molecular weight excluding hydrogens is 262 g/mol. The molecule has 0 radical (unpaired) electrons. The lowest BCUT2D eigenvalue weighted by Gasteiger charge is -2.40. The predicted octanol–water partition coefficient (Wildman–Crippen LogP) is 2.26. The number of piperazine rings is 1. The van der Waals surface area contributed by atoms with Crippen molar-refractivity contribution in [2.75, 3.05) is 31.1 Å². The number of rotatable bonds is 3. The molecule has 0 aliphatic carbocycles. The average Bonchev–Trinajstić information content (AvgIpc) is 2.53. The van der Waals surface area contributed by atoms with E-state index in [0.29, 0.717) is 6.04 Å². The molecule has 1 N–H and O–H groups in total. The first kappa shape index (κ1) is 14.3. The summed E-state index contributed by atoms with van der Waals surface area (Å²) in [6.45, 7) is 8.61. The number of nitrogens with zero attached hydrogens (tertiary/aromatic N) is 3. The third-order valence-corrected chi connectivity index (χ3v) is 4.41. The van der Waals surface area contributed by atoms with Crippen LogP contribution in [0.1, 0.15) is 19.5 Å². The molecule has 2 aromatic rings. The second-order valence-electron chi connectivity index (χ2n) is 5.74. The zero-order chi connectivity index (χ0) is 14.8. The Labute approximate surface area is 126 Å². The Balaban J connectivity index is 1.99. The minimum absolute atomic E-state index is 0.0116. The fourth-order valence-electron chi connectivity index (χ4n) is 3.21. The van der Waals surface area contributed by atoms with Crippen LogP contribution in [0.25, 0.3) is 10.8 Å². The molecule has 4 heteroatoms. The van der Waals surface area contributed by atoms with Crippen molar-refractivity contribution in [3.63, 3.8) is 0 Å². The normalized spacial score (nSPS) is 20.1. The van der Waals surface area contributed by atoms with Gasteiger partial charge in [0.05, 0.1) is 12.3 Å². The van der Waals surface area contributed by atoms with Crippen molar-refractivity contribution < 1.29 is 5.11 Å². The summed E-state index contributed by atoms with van der Waals surface area (Å²) in [5, 5.41) is 11.8. The Morgan fingerprint density at radius 3 is 2.81 bits per heavy atom. The number of fused-ring (bicyclic) bond motifs is 1. The number of likely N-dealkylation sites (N-methyl/N-ethyl adjacent to an activating group) is 1. The summed E-state index contributed by atoms with van der Waals surface area (Å²) in [5.74, 6) is 1.01. The van der Waals surface area contributed by atoms with Crippen molar-refractivity contribution in [3.05, 3.63) is 36.0 Å². The molecule has 4 nitrogen and oxygen atoms in total. The number of pyridine rings is 1. The number of anilines is 1. The summed E-state index contributed by atoms with van der Waals surface area (Å²) in [4.78, 5) is 9.54. The second-order valence-corrected chi connectivity index (χ2v) is 5.74. The first-order valence-corrected chi connectivity index (χ1v) is 7.71. The van der Waals surface area contributed by atoms with E-state index in [2.05, 4.69) is 46.8 Å². The Hall–Kier alpha value is -1.65. The number of hydrogen-bond donors (Lipinski definition) is 1. The van der Waals surface area contributed by atoms with Crippen LogP contribution in [-0.2, 0) is 6.61 Å². The molecule has 3 rings (SSSR count). The summed E-state index contributed by atoms with van der Waals surface area (Å²) < 4.78 is 0. The fraction of sp³-hybridized carbons (Fsp3) is 0.471. The van der Waals surface area contributed by atoms with Crippen LogP contribution in [0, 0.1) is 0 Å². The molecule has 1 aliphatic heterocycles. The molecular formula is C17H23N3O. The van der Waals surface area contributed by atoms with Crippen LogP contribution in [-0.4, -0.2) is 47.2 Å². The monoisotopic (exact) mass is 285 g/mol. The summed E-state index contributed by atoms with van der Waals surface area (Å²) in [7, 11) is 0. The molecule has 1 atom stereocenters. The van der Waals surface area contributed by atoms with Crippen LogP contribution in [0.4, 0.5) is 5.82 Å². The van der Waals surface area contributed by atoms with Crippen LogP contribution in [0.15, 0.2) is 30.3 Å². The van der Waals surface area contributed by atoms with Crippen LogP contribution in [0.3, 0.4) is 0 Å². The van der Waals surface area contributed by atoms with Gasteiger partial charge in [0, 0.05) is 31.1 Å². The highest BCUT2D eigenvalue weighted by Gasteiger charge is 2.24. The molecule has 1 fully saturated rings. The van der Waals surface area contributed by atoms with E-state index >= 15 is 0 Å². The number of benzene rings is 1. The highest BCUT2D eigenvalue weighted by Crippen LogP contribution is 2.27. The van der Waals surface area contributed by atoms with Gasteiger partial charge in [-0.3, -0.25) is 4.90 Å². The summed E-state index contributed by atoms with van der Waals surface area (Å²) in [6.07, 6.45) is 0. The van der Waals surface area contributed by atoms with E-state index in [1.54, 1.807) is 0 Å². The number of hydrogen-bond acceptors (Lipinski definition) is 4. The molecule has 1 aromatic carbocycles. The molecule has 21 heavy (non-hydrogen) atoms. The van der Waals surface area contributed by atoms with Gasteiger partial charge in [-0.05, 0) is 24.9 Å². The Kier molecular flexibility index (Phi) is 4.08. The van der Waals surface area contributed by atoms with Crippen molar-refractivity contribution in [1.82, 2.24) is 9.88 Å². The molecule has 1 unspecified atom stereocenters. The zero-order valence-electron chi connectivity index (χ0n) is 12.8. The molecule has 2 heterocycles. The highest BCUT2D eigenvalue weighted by molar-refractivity contribution is 5.92. The fourth-order valence-corrected chi connectivity index (χ4v) is 3.21. The average molecular weight is 285 g/mol. The Morgan fingerprint density at radius 1 is 1.29 bits per heavy atom. The van der Waals surface area contributed by atoms with E-state index in [4.69, 9.17) is 0 Å². The summed E-state index contributed by atoms with van der Waals surface area (Å²) in [5.41, 5.74) is 0.745. The van der Waals surface area contributed by atoms with E-state index in [0.717, 1.165) is 43.1 Å². The van der Waals surface area contributed by atoms with Gasteiger partial charge in [-0.25, -0.2) is 4.98 Å². The van der Waals surface area contributed by atoms with Crippen LogP contribution in [0.2, 0.25) is 0 Å². The zero-order valence-corrected chi connectivity index (χ0v) is 12.8.